The molecule has 144 valence electrons. The van der Waals surface area contributed by atoms with Crippen molar-refractivity contribution in [2.75, 3.05) is 33.3 Å². The van der Waals surface area contributed by atoms with Gasteiger partial charge in [0.15, 0.2) is 0 Å². The van der Waals surface area contributed by atoms with Crippen molar-refractivity contribution in [2.24, 2.45) is 5.41 Å². The summed E-state index contributed by atoms with van der Waals surface area (Å²) < 4.78 is 5.41. The van der Waals surface area contributed by atoms with Gasteiger partial charge in [0.2, 0.25) is 11.8 Å². The molecule has 0 bridgehead atoms. The molecular weight excluding hydrogens is 328 g/mol. The van der Waals surface area contributed by atoms with Crippen LogP contribution in [-0.4, -0.2) is 54.9 Å². The van der Waals surface area contributed by atoms with E-state index in [0.717, 1.165) is 16.9 Å². The number of hydrogen-bond acceptors (Lipinski definition) is 3. The third-order valence-electron chi connectivity index (χ3n) is 4.83. The van der Waals surface area contributed by atoms with Crippen LogP contribution in [0.2, 0.25) is 0 Å². The standard InChI is InChI=1S/C21H32N2O3/c1-15(2)17-13-16(7-8-18(17)26-6)14-19(24)22-9-11-23(12-10-22)20(25)21(3,4)5/h7-8,13,15H,9-12,14H2,1-6H3. The first-order valence-electron chi connectivity index (χ1n) is 9.37. The highest BCUT2D eigenvalue weighted by Crippen LogP contribution is 2.27. The lowest BCUT2D eigenvalue weighted by molar-refractivity contribution is -0.144. The molecule has 1 heterocycles. The molecule has 2 rings (SSSR count). The molecule has 26 heavy (non-hydrogen) atoms. The van der Waals surface area contributed by atoms with E-state index in [1.54, 1.807) is 7.11 Å². The Hall–Kier alpha value is -2.04. The molecule has 0 unspecified atom stereocenters. The van der Waals surface area contributed by atoms with Crippen LogP contribution in [0, 0.1) is 5.41 Å². The second-order valence-corrected chi connectivity index (χ2v) is 8.33. The van der Waals surface area contributed by atoms with Gasteiger partial charge in [-0.05, 0) is 23.1 Å². The van der Waals surface area contributed by atoms with Gasteiger partial charge in [0.1, 0.15) is 5.75 Å². The number of rotatable bonds is 4. The largest absolute Gasteiger partial charge is 0.496 e. The minimum atomic E-state index is -0.372. The van der Waals surface area contributed by atoms with Gasteiger partial charge < -0.3 is 14.5 Å². The summed E-state index contributed by atoms with van der Waals surface area (Å²) in [5.41, 5.74) is 1.76. The number of ether oxygens (including phenoxy) is 1. The second kappa shape index (κ2) is 8.11. The Morgan fingerprint density at radius 1 is 1.08 bits per heavy atom. The molecule has 0 aromatic heterocycles. The number of piperazine rings is 1. The fraction of sp³-hybridized carbons (Fsp3) is 0.619. The minimum absolute atomic E-state index is 0.118. The van der Waals surface area contributed by atoms with E-state index in [1.807, 2.05) is 42.7 Å². The molecule has 1 aromatic rings. The van der Waals surface area contributed by atoms with Crippen molar-refractivity contribution in [1.82, 2.24) is 9.80 Å². The molecule has 1 aromatic carbocycles. The van der Waals surface area contributed by atoms with Crippen molar-refractivity contribution in [1.29, 1.82) is 0 Å². The van der Waals surface area contributed by atoms with Crippen molar-refractivity contribution in [3.8, 4) is 5.75 Å². The van der Waals surface area contributed by atoms with E-state index in [2.05, 4.69) is 19.9 Å². The molecule has 0 aliphatic carbocycles. The van der Waals surface area contributed by atoms with Crippen LogP contribution in [0.4, 0.5) is 0 Å². The van der Waals surface area contributed by atoms with Crippen molar-refractivity contribution >= 4 is 11.8 Å². The van der Waals surface area contributed by atoms with Gasteiger partial charge >= 0.3 is 0 Å². The number of amides is 2. The number of hydrogen-bond donors (Lipinski definition) is 0. The molecule has 0 radical (unpaired) electrons. The molecule has 0 spiro atoms. The maximum Gasteiger partial charge on any atom is 0.228 e. The lowest BCUT2D eigenvalue weighted by Gasteiger charge is -2.37. The Labute approximate surface area is 157 Å². The Balaban J connectivity index is 1.97. The number of nitrogens with zero attached hydrogens (tertiary/aromatic N) is 2. The summed E-state index contributed by atoms with van der Waals surface area (Å²) in [6.07, 6.45) is 0.386. The lowest BCUT2D eigenvalue weighted by atomic mass is 9.94. The number of carbonyl (C=O) groups excluding carboxylic acids is 2. The molecule has 0 saturated carbocycles. The van der Waals surface area contributed by atoms with Gasteiger partial charge in [0, 0.05) is 31.6 Å². The van der Waals surface area contributed by atoms with Crippen LogP contribution in [0.15, 0.2) is 18.2 Å². The summed E-state index contributed by atoms with van der Waals surface area (Å²) in [5.74, 6) is 1.48. The SMILES string of the molecule is COc1ccc(CC(=O)N2CCN(C(=O)C(C)(C)C)CC2)cc1C(C)C. The summed E-state index contributed by atoms with van der Waals surface area (Å²) in [6, 6.07) is 5.97. The van der Waals surface area contributed by atoms with Gasteiger partial charge in [0.25, 0.3) is 0 Å². The monoisotopic (exact) mass is 360 g/mol. The summed E-state index contributed by atoms with van der Waals surface area (Å²) in [4.78, 5) is 28.8. The van der Waals surface area contributed by atoms with Crippen LogP contribution >= 0.6 is 0 Å². The predicted octanol–water partition coefficient (Wildman–Crippen LogP) is 3.08. The smallest absolute Gasteiger partial charge is 0.228 e. The molecule has 1 aliphatic rings. The number of carbonyl (C=O) groups is 2. The van der Waals surface area contributed by atoms with Gasteiger partial charge in [0.05, 0.1) is 13.5 Å². The van der Waals surface area contributed by atoms with Crippen molar-refractivity contribution in [3.05, 3.63) is 29.3 Å². The zero-order chi connectivity index (χ0) is 19.5. The van der Waals surface area contributed by atoms with Crippen molar-refractivity contribution in [3.63, 3.8) is 0 Å². The van der Waals surface area contributed by atoms with Crippen molar-refractivity contribution in [2.45, 2.75) is 47.0 Å². The second-order valence-electron chi connectivity index (χ2n) is 8.33. The maximum absolute atomic E-state index is 12.7. The van der Waals surface area contributed by atoms with Crippen LogP contribution in [0.3, 0.4) is 0 Å². The van der Waals surface area contributed by atoms with Gasteiger partial charge in [-0.25, -0.2) is 0 Å². The average molecular weight is 360 g/mol. The third kappa shape index (κ3) is 4.77. The first-order valence-corrected chi connectivity index (χ1v) is 9.37. The zero-order valence-corrected chi connectivity index (χ0v) is 17.0. The average Bonchev–Trinajstić information content (AvgIpc) is 2.60. The Kier molecular flexibility index (Phi) is 6.32. The lowest BCUT2D eigenvalue weighted by Crippen LogP contribution is -2.53. The first kappa shape index (κ1) is 20.3. The molecule has 5 nitrogen and oxygen atoms in total. The quantitative estimate of drug-likeness (QED) is 0.829. The molecule has 1 aliphatic heterocycles. The van der Waals surface area contributed by atoms with E-state index < -0.39 is 0 Å². The molecule has 1 fully saturated rings. The fourth-order valence-electron chi connectivity index (χ4n) is 3.26. The van der Waals surface area contributed by atoms with E-state index in [0.29, 0.717) is 38.5 Å². The fourth-order valence-corrected chi connectivity index (χ4v) is 3.26. The van der Waals surface area contributed by atoms with E-state index in [4.69, 9.17) is 4.74 Å². The summed E-state index contributed by atoms with van der Waals surface area (Å²) in [6.45, 7) is 12.5. The molecule has 0 atom stereocenters. The summed E-state index contributed by atoms with van der Waals surface area (Å²) in [5, 5.41) is 0. The predicted molar refractivity (Wildman–Crippen MR) is 103 cm³/mol. The molecule has 5 heteroatoms. The van der Waals surface area contributed by atoms with E-state index in [-0.39, 0.29) is 17.2 Å². The first-order chi connectivity index (χ1) is 12.1. The highest BCUT2D eigenvalue weighted by atomic mass is 16.5. The number of methoxy groups -OCH3 is 1. The maximum atomic E-state index is 12.7. The highest BCUT2D eigenvalue weighted by Gasteiger charge is 2.30. The van der Waals surface area contributed by atoms with Crippen LogP contribution in [0.1, 0.15) is 51.7 Å². The molecular formula is C21H32N2O3. The van der Waals surface area contributed by atoms with E-state index >= 15 is 0 Å². The molecule has 0 N–H and O–H groups in total. The van der Waals surface area contributed by atoms with Gasteiger partial charge in [-0.15, -0.1) is 0 Å². The molecule has 1 saturated heterocycles. The van der Waals surface area contributed by atoms with E-state index in [9.17, 15) is 9.59 Å². The normalized spacial score (nSPS) is 15.3. The van der Waals surface area contributed by atoms with Crippen LogP contribution in [0.25, 0.3) is 0 Å². The Morgan fingerprint density at radius 2 is 1.65 bits per heavy atom. The van der Waals surface area contributed by atoms with Gasteiger partial charge in [-0.3, -0.25) is 9.59 Å². The molecule has 2 amide bonds. The Morgan fingerprint density at radius 3 is 2.15 bits per heavy atom. The van der Waals surface area contributed by atoms with Gasteiger partial charge in [-0.1, -0.05) is 46.8 Å². The summed E-state index contributed by atoms with van der Waals surface area (Å²) >= 11 is 0. The van der Waals surface area contributed by atoms with Gasteiger partial charge in [-0.2, -0.15) is 0 Å². The van der Waals surface area contributed by atoms with Crippen LogP contribution in [0.5, 0.6) is 5.75 Å². The summed E-state index contributed by atoms with van der Waals surface area (Å²) in [7, 11) is 1.67. The van der Waals surface area contributed by atoms with Crippen molar-refractivity contribution < 1.29 is 14.3 Å². The topological polar surface area (TPSA) is 49.9 Å². The highest BCUT2D eigenvalue weighted by molar-refractivity contribution is 5.82. The minimum Gasteiger partial charge on any atom is -0.496 e. The zero-order valence-electron chi connectivity index (χ0n) is 17.0. The number of benzene rings is 1. The third-order valence-corrected chi connectivity index (χ3v) is 4.83. The Bertz CT molecular complexity index is 654. The van der Waals surface area contributed by atoms with E-state index in [1.165, 1.54) is 0 Å². The van der Waals surface area contributed by atoms with Crippen LogP contribution in [-0.2, 0) is 16.0 Å². The van der Waals surface area contributed by atoms with Crippen LogP contribution < -0.4 is 4.74 Å².